The molecule has 2 aromatic carbocycles. The molecule has 2 heterocycles. The van der Waals surface area contributed by atoms with Gasteiger partial charge in [-0.2, -0.15) is 0 Å². The van der Waals surface area contributed by atoms with Gasteiger partial charge in [0.15, 0.2) is 4.77 Å². The Bertz CT molecular complexity index is 1290. The van der Waals surface area contributed by atoms with Crippen LogP contribution in [0.2, 0.25) is 0 Å². The van der Waals surface area contributed by atoms with E-state index in [0.717, 1.165) is 5.69 Å². The van der Waals surface area contributed by atoms with Crippen LogP contribution in [0.25, 0.3) is 10.9 Å². The smallest absolute Gasteiger partial charge is 0.261 e. The lowest BCUT2D eigenvalue weighted by Crippen LogP contribution is -2.38. The molecule has 0 bridgehead atoms. The maximum absolute atomic E-state index is 13.0. The van der Waals surface area contributed by atoms with Gasteiger partial charge in [-0.15, -0.1) is 0 Å². The second-order valence-corrected chi connectivity index (χ2v) is 8.08. The van der Waals surface area contributed by atoms with E-state index in [1.807, 2.05) is 24.3 Å². The van der Waals surface area contributed by atoms with Crippen LogP contribution in [0.4, 0.5) is 11.4 Å². The highest BCUT2D eigenvalue weighted by Crippen LogP contribution is 2.30. The number of primary amides is 1. The molecule has 1 aromatic heterocycles. The van der Waals surface area contributed by atoms with Crippen LogP contribution in [0.5, 0.6) is 0 Å². The van der Waals surface area contributed by atoms with Gasteiger partial charge in [-0.3, -0.25) is 19.0 Å². The number of H-pyrrole nitrogens is 1. The summed E-state index contributed by atoms with van der Waals surface area (Å²) >= 11 is 5.17. The summed E-state index contributed by atoms with van der Waals surface area (Å²) in [5, 5.41) is 3.43. The number of para-hydroxylation sites is 2. The summed E-state index contributed by atoms with van der Waals surface area (Å²) in [6.45, 7) is 1.38. The first kappa shape index (κ1) is 20.8. The molecule has 1 aliphatic rings. The first-order valence-electron chi connectivity index (χ1n) is 10.0. The number of aromatic amines is 1. The van der Waals surface area contributed by atoms with Crippen LogP contribution in [-0.4, -0.2) is 34.5 Å². The van der Waals surface area contributed by atoms with E-state index in [-0.39, 0.29) is 23.3 Å². The number of hydrogen-bond donors (Lipinski definition) is 3. The highest BCUT2D eigenvalue weighted by molar-refractivity contribution is 7.71. The molecule has 3 aromatic rings. The van der Waals surface area contributed by atoms with Gasteiger partial charge < -0.3 is 20.9 Å². The Morgan fingerprint density at radius 2 is 1.87 bits per heavy atom. The number of nitrogens with zero attached hydrogens (tertiary/aromatic N) is 2. The van der Waals surface area contributed by atoms with Gasteiger partial charge in [0, 0.05) is 31.6 Å². The van der Waals surface area contributed by atoms with Crippen molar-refractivity contribution in [3.05, 3.63) is 63.2 Å². The fourth-order valence-electron chi connectivity index (χ4n) is 3.90. The summed E-state index contributed by atoms with van der Waals surface area (Å²) in [5.41, 5.74) is 7.73. The van der Waals surface area contributed by atoms with Crippen molar-refractivity contribution in [3.8, 4) is 0 Å². The molecular weight excluding hydrogens is 414 g/mol. The minimum atomic E-state index is -0.290. The molecule has 1 fully saturated rings. The highest BCUT2D eigenvalue weighted by Gasteiger charge is 2.24. The minimum Gasteiger partial charge on any atom is -0.370 e. The molecule has 31 heavy (non-hydrogen) atoms. The zero-order valence-electron chi connectivity index (χ0n) is 17.1. The van der Waals surface area contributed by atoms with Crippen LogP contribution in [0.1, 0.15) is 23.2 Å². The van der Waals surface area contributed by atoms with Crippen molar-refractivity contribution in [3.63, 3.8) is 0 Å². The van der Waals surface area contributed by atoms with E-state index < -0.39 is 0 Å². The molecule has 0 aliphatic carbocycles. The maximum atomic E-state index is 13.0. The first-order valence-corrected chi connectivity index (χ1v) is 10.4. The maximum Gasteiger partial charge on any atom is 0.261 e. The van der Waals surface area contributed by atoms with Gasteiger partial charge in [0.1, 0.15) is 0 Å². The largest absolute Gasteiger partial charge is 0.370 e. The van der Waals surface area contributed by atoms with Gasteiger partial charge in [0.05, 0.1) is 22.3 Å². The van der Waals surface area contributed by atoms with Crippen LogP contribution in [-0.2, 0) is 11.8 Å². The number of amides is 2. The molecular formula is C22H23N5O3S. The van der Waals surface area contributed by atoms with Crippen molar-refractivity contribution in [1.29, 1.82) is 0 Å². The molecule has 8 nitrogen and oxygen atoms in total. The normalized spacial score (nSPS) is 14.5. The molecule has 0 spiro atoms. The van der Waals surface area contributed by atoms with E-state index in [0.29, 0.717) is 52.9 Å². The summed E-state index contributed by atoms with van der Waals surface area (Å²) in [6, 6.07) is 12.4. The number of hydrogen-bond acceptors (Lipinski definition) is 5. The molecule has 9 heteroatoms. The Morgan fingerprint density at radius 1 is 1.16 bits per heavy atom. The second-order valence-electron chi connectivity index (χ2n) is 7.69. The number of fused-ring (bicyclic) bond motifs is 1. The molecule has 160 valence electrons. The quantitative estimate of drug-likeness (QED) is 0.543. The number of carbonyl (C=O) groups is 2. The van der Waals surface area contributed by atoms with E-state index in [2.05, 4.69) is 15.2 Å². The van der Waals surface area contributed by atoms with Crippen molar-refractivity contribution < 1.29 is 9.59 Å². The van der Waals surface area contributed by atoms with Crippen LogP contribution in [0.3, 0.4) is 0 Å². The Balaban J connectivity index is 1.58. The van der Waals surface area contributed by atoms with Crippen molar-refractivity contribution in [2.24, 2.45) is 18.7 Å². The van der Waals surface area contributed by atoms with Crippen LogP contribution >= 0.6 is 12.2 Å². The summed E-state index contributed by atoms with van der Waals surface area (Å²) < 4.78 is 1.65. The third-order valence-corrected chi connectivity index (χ3v) is 6.13. The average Bonchev–Trinajstić information content (AvgIpc) is 2.77. The first-order chi connectivity index (χ1) is 14.8. The molecule has 4 rings (SSSR count). The molecule has 0 radical (unpaired) electrons. The molecule has 0 atom stereocenters. The Labute approximate surface area is 183 Å². The number of anilines is 2. The van der Waals surface area contributed by atoms with E-state index in [9.17, 15) is 14.4 Å². The van der Waals surface area contributed by atoms with E-state index in [4.69, 9.17) is 18.0 Å². The summed E-state index contributed by atoms with van der Waals surface area (Å²) in [4.78, 5) is 41.9. The second kappa shape index (κ2) is 8.35. The fraction of sp³-hybridized carbons (Fsp3) is 0.273. The monoisotopic (exact) mass is 437 g/mol. The minimum absolute atomic E-state index is 0.103. The van der Waals surface area contributed by atoms with E-state index >= 15 is 0 Å². The predicted octanol–water partition coefficient (Wildman–Crippen LogP) is 2.55. The zero-order valence-corrected chi connectivity index (χ0v) is 17.9. The summed E-state index contributed by atoms with van der Waals surface area (Å²) in [6.07, 6.45) is 1.38. The predicted molar refractivity (Wildman–Crippen MR) is 123 cm³/mol. The van der Waals surface area contributed by atoms with Gasteiger partial charge in [-0.25, -0.2) is 0 Å². The van der Waals surface area contributed by atoms with Crippen LogP contribution in [0.15, 0.2) is 47.3 Å². The summed E-state index contributed by atoms with van der Waals surface area (Å²) in [5.74, 6) is -0.651. The third-order valence-electron chi connectivity index (χ3n) is 5.75. The van der Waals surface area contributed by atoms with Crippen LogP contribution in [0, 0.1) is 10.7 Å². The van der Waals surface area contributed by atoms with Crippen LogP contribution < -0.4 is 21.5 Å². The molecule has 0 saturated carbocycles. The molecule has 2 amide bonds. The fourth-order valence-corrected chi connectivity index (χ4v) is 4.09. The van der Waals surface area contributed by atoms with Gasteiger partial charge in [0.2, 0.25) is 5.91 Å². The van der Waals surface area contributed by atoms with Crippen molar-refractivity contribution in [1.82, 2.24) is 9.55 Å². The number of nitrogens with two attached hydrogens (primary N) is 1. The lowest BCUT2D eigenvalue weighted by atomic mass is 9.96. The number of piperidine rings is 1. The lowest BCUT2D eigenvalue weighted by molar-refractivity contribution is -0.122. The molecule has 0 unspecified atom stereocenters. The van der Waals surface area contributed by atoms with Crippen molar-refractivity contribution in [2.45, 2.75) is 12.8 Å². The number of benzene rings is 2. The van der Waals surface area contributed by atoms with Gasteiger partial charge in [0.25, 0.3) is 11.5 Å². The Hall–Kier alpha value is -3.46. The van der Waals surface area contributed by atoms with Gasteiger partial charge in [-0.05, 0) is 55.4 Å². The van der Waals surface area contributed by atoms with Gasteiger partial charge in [-0.1, -0.05) is 12.1 Å². The van der Waals surface area contributed by atoms with Crippen molar-refractivity contribution >= 4 is 46.3 Å². The van der Waals surface area contributed by atoms with E-state index in [1.54, 1.807) is 25.2 Å². The number of rotatable bonds is 4. The zero-order chi connectivity index (χ0) is 22.1. The Morgan fingerprint density at radius 3 is 2.58 bits per heavy atom. The lowest BCUT2D eigenvalue weighted by Gasteiger charge is -2.33. The van der Waals surface area contributed by atoms with Crippen molar-refractivity contribution in [2.75, 3.05) is 23.3 Å². The number of carbonyl (C=O) groups excluding carboxylic acids is 2. The average molecular weight is 438 g/mol. The number of aromatic nitrogens is 2. The topological polar surface area (TPSA) is 113 Å². The molecule has 1 aliphatic heterocycles. The summed E-state index contributed by atoms with van der Waals surface area (Å²) in [7, 11) is 1.60. The van der Waals surface area contributed by atoms with Gasteiger partial charge >= 0.3 is 0 Å². The molecule has 4 N–H and O–H groups in total. The standard InChI is InChI=1S/C22H23N5O3S/c1-26-21(30)15-7-6-14(12-17(15)25-22(26)31)20(29)24-16-4-2-3-5-18(16)27-10-8-13(9-11-27)19(23)28/h2-7,12-13H,8-11H2,1H3,(H2,23,28)(H,24,29)(H,25,31). The highest BCUT2D eigenvalue weighted by atomic mass is 32.1. The Kier molecular flexibility index (Phi) is 5.60. The number of nitrogens with one attached hydrogen (secondary N) is 2. The van der Waals surface area contributed by atoms with E-state index in [1.165, 1.54) is 4.57 Å². The SMILES string of the molecule is Cn1c(=S)[nH]c2cc(C(=O)Nc3ccccc3N3CCC(C(N)=O)CC3)ccc2c1=O. The third kappa shape index (κ3) is 4.09. The molecule has 1 saturated heterocycles.